The van der Waals surface area contributed by atoms with Gasteiger partial charge in [0.1, 0.15) is 12.4 Å². The molecule has 96 valence electrons. The molecule has 0 saturated heterocycles. The highest BCUT2D eigenvalue weighted by Crippen LogP contribution is 2.28. The first kappa shape index (κ1) is 12.6. The smallest absolute Gasteiger partial charge is 0.261 e. The number of likely N-dealkylation sites (N-methyl/N-ethyl adjacent to an activating group) is 1. The third-order valence-electron chi connectivity index (χ3n) is 2.44. The van der Waals surface area contributed by atoms with E-state index in [4.69, 9.17) is 9.26 Å². The summed E-state index contributed by atoms with van der Waals surface area (Å²) < 4.78 is 10.9. The minimum Gasteiger partial charge on any atom is -0.491 e. The fourth-order valence-corrected chi connectivity index (χ4v) is 1.51. The molecule has 0 fully saturated rings. The Kier molecular flexibility index (Phi) is 3.94. The second-order valence-electron chi connectivity index (χ2n) is 4.29. The molecule has 1 aromatic heterocycles. The molecule has 2 rings (SSSR count). The minimum atomic E-state index is 0.493. The van der Waals surface area contributed by atoms with Gasteiger partial charge in [-0.2, -0.15) is 4.98 Å². The Labute approximate surface area is 106 Å². The summed E-state index contributed by atoms with van der Waals surface area (Å²) in [5, 5.41) is 3.79. The number of benzene rings is 1. The molecule has 1 heterocycles. The van der Waals surface area contributed by atoms with Gasteiger partial charge in [-0.25, -0.2) is 0 Å². The van der Waals surface area contributed by atoms with E-state index >= 15 is 0 Å². The van der Waals surface area contributed by atoms with E-state index in [1.165, 1.54) is 0 Å². The number of nitrogens with zero attached hydrogens (tertiary/aromatic N) is 3. The van der Waals surface area contributed by atoms with Crippen LogP contribution in [0.2, 0.25) is 0 Å². The Hall–Kier alpha value is -1.88. The van der Waals surface area contributed by atoms with Crippen molar-refractivity contribution in [2.45, 2.75) is 6.92 Å². The molecule has 5 nitrogen and oxygen atoms in total. The molecule has 2 aromatic rings. The number of hydrogen-bond acceptors (Lipinski definition) is 5. The van der Waals surface area contributed by atoms with Crippen LogP contribution in [0.15, 0.2) is 28.8 Å². The highest BCUT2D eigenvalue weighted by molar-refractivity contribution is 5.62. The topological polar surface area (TPSA) is 51.4 Å². The fraction of sp³-hybridized carbons (Fsp3) is 0.385. The summed E-state index contributed by atoms with van der Waals surface area (Å²) in [7, 11) is 4.02. The molecule has 1 aromatic carbocycles. The van der Waals surface area contributed by atoms with Crippen LogP contribution >= 0.6 is 0 Å². The van der Waals surface area contributed by atoms with Gasteiger partial charge >= 0.3 is 0 Å². The Bertz CT molecular complexity index is 508. The molecule has 0 radical (unpaired) electrons. The van der Waals surface area contributed by atoms with Gasteiger partial charge in [0.05, 0.1) is 5.56 Å². The largest absolute Gasteiger partial charge is 0.491 e. The first-order valence-corrected chi connectivity index (χ1v) is 5.84. The van der Waals surface area contributed by atoms with Crippen LogP contribution in [0.5, 0.6) is 5.75 Å². The Morgan fingerprint density at radius 2 is 2.06 bits per heavy atom. The molecule has 0 unspecified atom stereocenters. The zero-order chi connectivity index (χ0) is 13.0. The fourth-order valence-electron chi connectivity index (χ4n) is 1.51. The number of ether oxygens (including phenoxy) is 1. The number of aromatic nitrogens is 2. The van der Waals surface area contributed by atoms with Crippen LogP contribution in [-0.4, -0.2) is 42.3 Å². The quantitative estimate of drug-likeness (QED) is 0.808. The summed E-state index contributed by atoms with van der Waals surface area (Å²) >= 11 is 0. The lowest BCUT2D eigenvalue weighted by molar-refractivity contribution is 0.261. The molecular formula is C13H17N3O2. The highest BCUT2D eigenvalue weighted by Gasteiger charge is 2.11. The maximum absolute atomic E-state index is 5.74. The highest BCUT2D eigenvalue weighted by atomic mass is 16.5. The standard InChI is InChI=1S/C13H17N3O2/c1-10-14-13(18-15-10)11-6-4-5-7-12(11)17-9-8-16(2)3/h4-7H,8-9H2,1-3H3. The predicted molar refractivity (Wildman–Crippen MR) is 68.5 cm³/mol. The Morgan fingerprint density at radius 1 is 1.28 bits per heavy atom. The zero-order valence-electron chi connectivity index (χ0n) is 10.9. The van der Waals surface area contributed by atoms with Gasteiger partial charge in [0.25, 0.3) is 5.89 Å². The van der Waals surface area contributed by atoms with E-state index in [0.717, 1.165) is 17.9 Å². The van der Waals surface area contributed by atoms with Crippen LogP contribution in [0.25, 0.3) is 11.5 Å². The molecule has 0 aliphatic rings. The van der Waals surface area contributed by atoms with E-state index in [1.807, 2.05) is 38.4 Å². The summed E-state index contributed by atoms with van der Waals surface area (Å²) in [5.41, 5.74) is 0.830. The lowest BCUT2D eigenvalue weighted by Gasteiger charge is -2.12. The van der Waals surface area contributed by atoms with Gasteiger partial charge in [-0.3, -0.25) is 0 Å². The third-order valence-corrected chi connectivity index (χ3v) is 2.44. The van der Waals surface area contributed by atoms with E-state index in [-0.39, 0.29) is 0 Å². The second kappa shape index (κ2) is 5.64. The number of rotatable bonds is 5. The van der Waals surface area contributed by atoms with E-state index in [2.05, 4.69) is 15.0 Å². The number of hydrogen-bond donors (Lipinski definition) is 0. The van der Waals surface area contributed by atoms with Gasteiger partial charge in [-0.15, -0.1) is 0 Å². The summed E-state index contributed by atoms with van der Waals surface area (Å²) in [5.74, 6) is 1.88. The predicted octanol–water partition coefficient (Wildman–Crippen LogP) is 1.99. The molecule has 5 heteroatoms. The van der Waals surface area contributed by atoms with Crippen LogP contribution < -0.4 is 4.74 Å². The van der Waals surface area contributed by atoms with Crippen LogP contribution in [0.4, 0.5) is 0 Å². The summed E-state index contributed by atoms with van der Waals surface area (Å²) in [6.07, 6.45) is 0. The summed E-state index contributed by atoms with van der Waals surface area (Å²) in [4.78, 5) is 6.29. The van der Waals surface area contributed by atoms with Crippen molar-refractivity contribution in [1.82, 2.24) is 15.0 Å². The molecule has 0 spiro atoms. The normalized spacial score (nSPS) is 10.9. The minimum absolute atomic E-state index is 0.493. The van der Waals surface area contributed by atoms with E-state index in [1.54, 1.807) is 6.92 Å². The Morgan fingerprint density at radius 3 is 2.72 bits per heavy atom. The van der Waals surface area contributed by atoms with Gasteiger partial charge in [0, 0.05) is 6.54 Å². The van der Waals surface area contributed by atoms with Crippen LogP contribution in [0, 0.1) is 6.92 Å². The molecule has 0 saturated carbocycles. The molecular weight excluding hydrogens is 230 g/mol. The van der Waals surface area contributed by atoms with Crippen molar-refractivity contribution in [3.63, 3.8) is 0 Å². The molecule has 18 heavy (non-hydrogen) atoms. The molecule has 0 bridgehead atoms. The van der Waals surface area contributed by atoms with Crippen LogP contribution in [0.1, 0.15) is 5.82 Å². The second-order valence-corrected chi connectivity index (χ2v) is 4.29. The molecule has 0 atom stereocenters. The monoisotopic (exact) mass is 247 g/mol. The van der Waals surface area contributed by atoms with Crippen LogP contribution in [-0.2, 0) is 0 Å². The van der Waals surface area contributed by atoms with E-state index < -0.39 is 0 Å². The van der Waals surface area contributed by atoms with Gasteiger partial charge in [0.2, 0.25) is 0 Å². The molecule has 0 amide bonds. The zero-order valence-corrected chi connectivity index (χ0v) is 10.9. The Balaban J connectivity index is 2.15. The molecule has 0 N–H and O–H groups in total. The maximum atomic E-state index is 5.74. The molecule has 0 aliphatic heterocycles. The van der Waals surface area contributed by atoms with Crippen molar-refractivity contribution in [3.05, 3.63) is 30.1 Å². The van der Waals surface area contributed by atoms with Crippen molar-refractivity contribution in [2.75, 3.05) is 27.2 Å². The summed E-state index contributed by atoms with van der Waals surface area (Å²) in [6, 6.07) is 7.67. The van der Waals surface area contributed by atoms with Crippen molar-refractivity contribution in [3.8, 4) is 17.2 Å². The van der Waals surface area contributed by atoms with E-state index in [0.29, 0.717) is 18.3 Å². The lowest BCUT2D eigenvalue weighted by atomic mass is 10.2. The van der Waals surface area contributed by atoms with Crippen molar-refractivity contribution in [1.29, 1.82) is 0 Å². The van der Waals surface area contributed by atoms with Crippen molar-refractivity contribution < 1.29 is 9.26 Å². The van der Waals surface area contributed by atoms with Gasteiger partial charge in [-0.1, -0.05) is 17.3 Å². The van der Waals surface area contributed by atoms with Crippen molar-refractivity contribution in [2.24, 2.45) is 0 Å². The molecule has 0 aliphatic carbocycles. The van der Waals surface area contributed by atoms with Gasteiger partial charge < -0.3 is 14.2 Å². The average Bonchev–Trinajstić information content (AvgIpc) is 2.76. The van der Waals surface area contributed by atoms with Crippen molar-refractivity contribution >= 4 is 0 Å². The number of aryl methyl sites for hydroxylation is 1. The lowest BCUT2D eigenvalue weighted by Crippen LogP contribution is -2.19. The SMILES string of the molecule is Cc1noc(-c2ccccc2OCCN(C)C)n1. The first-order chi connectivity index (χ1) is 8.66. The first-order valence-electron chi connectivity index (χ1n) is 5.84. The van der Waals surface area contributed by atoms with Gasteiger partial charge in [-0.05, 0) is 33.2 Å². The summed E-state index contributed by atoms with van der Waals surface area (Å²) in [6.45, 7) is 3.27. The average molecular weight is 247 g/mol. The van der Waals surface area contributed by atoms with Gasteiger partial charge in [0.15, 0.2) is 5.82 Å². The van der Waals surface area contributed by atoms with Crippen LogP contribution in [0.3, 0.4) is 0 Å². The number of para-hydroxylation sites is 1. The maximum Gasteiger partial charge on any atom is 0.261 e. The third kappa shape index (κ3) is 3.07. The van der Waals surface area contributed by atoms with E-state index in [9.17, 15) is 0 Å².